The van der Waals surface area contributed by atoms with Gasteiger partial charge in [0, 0.05) is 19.3 Å². The summed E-state index contributed by atoms with van der Waals surface area (Å²) in [4.78, 5) is 38.0. The molecule has 0 rings (SSSR count). The van der Waals surface area contributed by atoms with E-state index in [0.29, 0.717) is 19.3 Å². The number of rotatable bonds is 60. The molecule has 0 heterocycles. The van der Waals surface area contributed by atoms with Gasteiger partial charge >= 0.3 is 17.9 Å². The molecule has 0 bridgehead atoms. The maximum absolute atomic E-state index is 12.8. The summed E-state index contributed by atoms with van der Waals surface area (Å²) in [5.41, 5.74) is 0. The average Bonchev–Trinajstić information content (AvgIpc) is 3.46. The summed E-state index contributed by atoms with van der Waals surface area (Å²) in [5.74, 6) is -0.945. The third-order valence-corrected chi connectivity index (χ3v) is 14.2. The number of esters is 3. The van der Waals surface area contributed by atoms with Crippen LogP contribution in [0.15, 0.2) is 122 Å². The minimum atomic E-state index is -0.801. The Hall–Kier alpha value is -4.19. The molecule has 0 aromatic heterocycles. The molecule has 1 unspecified atom stereocenters. The molecule has 0 aromatic carbocycles. The van der Waals surface area contributed by atoms with Crippen LogP contribution in [-0.4, -0.2) is 37.2 Å². The number of carbonyl (C=O) groups excluding carboxylic acids is 3. The van der Waals surface area contributed by atoms with Crippen LogP contribution in [0.1, 0.15) is 310 Å². The van der Waals surface area contributed by atoms with E-state index in [-0.39, 0.29) is 37.5 Å². The number of hydrogen-bond acceptors (Lipinski definition) is 6. The zero-order chi connectivity index (χ0) is 57.8. The lowest BCUT2D eigenvalue weighted by molar-refractivity contribution is -0.167. The Labute approximate surface area is 494 Å². The number of ether oxygens (including phenoxy) is 3. The lowest BCUT2D eigenvalue weighted by Gasteiger charge is -2.18. The van der Waals surface area contributed by atoms with Crippen molar-refractivity contribution in [2.45, 2.75) is 316 Å². The molecule has 0 aromatic rings. The molecule has 456 valence electrons. The van der Waals surface area contributed by atoms with Gasteiger partial charge in [-0.05, 0) is 116 Å². The van der Waals surface area contributed by atoms with Crippen molar-refractivity contribution in [1.82, 2.24) is 0 Å². The Balaban J connectivity index is 4.15. The highest BCUT2D eigenvalue weighted by Gasteiger charge is 2.19. The number of allylic oxidation sites excluding steroid dienone is 20. The van der Waals surface area contributed by atoms with Crippen LogP contribution in [0.5, 0.6) is 0 Å². The molecular weight excluding hydrogens is 985 g/mol. The summed E-state index contributed by atoms with van der Waals surface area (Å²) in [7, 11) is 0. The van der Waals surface area contributed by atoms with E-state index in [1.165, 1.54) is 154 Å². The summed E-state index contributed by atoms with van der Waals surface area (Å²) in [6.07, 6.45) is 94.0. The molecule has 80 heavy (non-hydrogen) atoms. The molecule has 0 N–H and O–H groups in total. The van der Waals surface area contributed by atoms with Crippen LogP contribution in [0.25, 0.3) is 0 Å². The van der Waals surface area contributed by atoms with E-state index >= 15 is 0 Å². The molecule has 0 fully saturated rings. The molecule has 0 aliphatic carbocycles. The summed E-state index contributed by atoms with van der Waals surface area (Å²) >= 11 is 0. The second-order valence-electron chi connectivity index (χ2n) is 22.0. The number of hydrogen-bond donors (Lipinski definition) is 0. The van der Waals surface area contributed by atoms with Gasteiger partial charge in [0.1, 0.15) is 13.2 Å². The highest BCUT2D eigenvalue weighted by molar-refractivity contribution is 5.71. The molecule has 1 atom stereocenters. The van der Waals surface area contributed by atoms with Crippen LogP contribution in [0.4, 0.5) is 0 Å². The molecular formula is C74H124O6. The molecule has 0 spiro atoms. The first-order valence-corrected chi connectivity index (χ1v) is 33.5. The minimum Gasteiger partial charge on any atom is -0.462 e. The first-order chi connectivity index (χ1) is 39.5. The van der Waals surface area contributed by atoms with E-state index in [0.717, 1.165) is 109 Å². The van der Waals surface area contributed by atoms with E-state index < -0.39 is 6.10 Å². The molecule has 0 radical (unpaired) electrons. The zero-order valence-electron chi connectivity index (χ0n) is 52.3. The molecule has 0 aliphatic rings. The standard InChI is InChI=1S/C74H124O6/c1-4-7-10-13-16-18-20-22-24-26-28-30-32-34-36-37-39-40-42-44-46-48-50-52-54-56-58-61-64-67-73(76)79-70-71(69-78-72(75)66-63-60-15-12-9-6-3)80-74(77)68-65-62-59-57-55-53-51-49-47-45-43-41-38-35-33-31-29-27-25-23-21-19-17-14-11-8-5-2/h8,11,17,19-20,22-23,25-26,28-29,31,35,38,43,45,49,51,55,57,71H,4-7,9-10,12-16,18,21,24,27,30,32-34,36-37,39-42,44,46-48,50,52-54,56,58-70H2,1-3H3/b11-8-,19-17-,22-20-,25-23-,28-26-,31-29-,38-35-,45-43-,51-49-,57-55-. The largest absolute Gasteiger partial charge is 0.462 e. The molecule has 0 saturated carbocycles. The van der Waals surface area contributed by atoms with Crippen molar-refractivity contribution < 1.29 is 28.6 Å². The third kappa shape index (κ3) is 64.6. The van der Waals surface area contributed by atoms with Gasteiger partial charge in [-0.2, -0.15) is 0 Å². The van der Waals surface area contributed by atoms with Crippen molar-refractivity contribution >= 4 is 17.9 Å². The number of unbranched alkanes of at least 4 members (excludes halogenated alkanes) is 29. The fourth-order valence-electron chi connectivity index (χ4n) is 9.20. The fraction of sp³-hybridized carbons (Fsp3) is 0.689. The van der Waals surface area contributed by atoms with Crippen LogP contribution in [0.2, 0.25) is 0 Å². The van der Waals surface area contributed by atoms with Gasteiger partial charge < -0.3 is 14.2 Å². The Morgan fingerprint density at radius 1 is 0.263 bits per heavy atom. The Kier molecular flexibility index (Phi) is 63.8. The second kappa shape index (κ2) is 67.3. The lowest BCUT2D eigenvalue weighted by Crippen LogP contribution is -2.30. The van der Waals surface area contributed by atoms with Gasteiger partial charge in [0.15, 0.2) is 6.10 Å². The molecule has 0 saturated heterocycles. The van der Waals surface area contributed by atoms with Crippen molar-refractivity contribution in [2.24, 2.45) is 0 Å². The predicted octanol–water partition coefficient (Wildman–Crippen LogP) is 23.2. The van der Waals surface area contributed by atoms with Gasteiger partial charge in [-0.15, -0.1) is 0 Å². The Morgan fingerprint density at radius 2 is 0.487 bits per heavy atom. The summed E-state index contributed by atoms with van der Waals surface area (Å²) in [6, 6.07) is 0. The molecule has 0 aliphatic heterocycles. The second-order valence-corrected chi connectivity index (χ2v) is 22.0. The van der Waals surface area contributed by atoms with E-state index in [1.54, 1.807) is 0 Å². The van der Waals surface area contributed by atoms with Crippen molar-refractivity contribution in [3.8, 4) is 0 Å². The van der Waals surface area contributed by atoms with E-state index in [9.17, 15) is 14.4 Å². The van der Waals surface area contributed by atoms with Gasteiger partial charge in [-0.3, -0.25) is 14.4 Å². The quantitative estimate of drug-likeness (QED) is 0.0261. The van der Waals surface area contributed by atoms with Gasteiger partial charge in [0.05, 0.1) is 0 Å². The van der Waals surface area contributed by atoms with Crippen LogP contribution in [-0.2, 0) is 28.6 Å². The first kappa shape index (κ1) is 75.8. The maximum Gasteiger partial charge on any atom is 0.306 e. The highest BCUT2D eigenvalue weighted by atomic mass is 16.6. The Bertz CT molecular complexity index is 1650. The smallest absolute Gasteiger partial charge is 0.306 e. The Morgan fingerprint density at radius 3 is 0.787 bits per heavy atom. The van der Waals surface area contributed by atoms with Crippen molar-refractivity contribution in [2.75, 3.05) is 13.2 Å². The van der Waals surface area contributed by atoms with Crippen molar-refractivity contribution in [3.63, 3.8) is 0 Å². The first-order valence-electron chi connectivity index (χ1n) is 33.5. The minimum absolute atomic E-state index is 0.0957. The molecule has 6 heteroatoms. The third-order valence-electron chi connectivity index (χ3n) is 14.2. The SMILES string of the molecule is CC/C=C\C/C=C\C/C=C\C/C=C\C/C=C\C/C=C\C/C=C\C/C=C\CCCCC(=O)OC(COC(=O)CCCCCCCC)COC(=O)CCCCCCCCCCCCCCCCCCC/C=C\C/C=C\CCCCCCC. The molecule has 0 amide bonds. The average molecular weight is 1110 g/mol. The van der Waals surface area contributed by atoms with Gasteiger partial charge in [0.25, 0.3) is 0 Å². The van der Waals surface area contributed by atoms with E-state index in [2.05, 4.69) is 142 Å². The topological polar surface area (TPSA) is 78.9 Å². The monoisotopic (exact) mass is 1110 g/mol. The van der Waals surface area contributed by atoms with Crippen molar-refractivity contribution in [3.05, 3.63) is 122 Å². The fourth-order valence-corrected chi connectivity index (χ4v) is 9.20. The normalized spacial score (nSPS) is 12.9. The van der Waals surface area contributed by atoms with Gasteiger partial charge in [-0.25, -0.2) is 0 Å². The van der Waals surface area contributed by atoms with Gasteiger partial charge in [0.2, 0.25) is 0 Å². The maximum atomic E-state index is 12.8. The lowest BCUT2D eigenvalue weighted by atomic mass is 10.0. The molecule has 6 nitrogen and oxygen atoms in total. The van der Waals surface area contributed by atoms with E-state index in [4.69, 9.17) is 14.2 Å². The zero-order valence-corrected chi connectivity index (χ0v) is 52.3. The highest BCUT2D eigenvalue weighted by Crippen LogP contribution is 2.16. The van der Waals surface area contributed by atoms with Crippen LogP contribution in [0, 0.1) is 0 Å². The predicted molar refractivity (Wildman–Crippen MR) is 348 cm³/mol. The van der Waals surface area contributed by atoms with Crippen LogP contribution >= 0.6 is 0 Å². The summed E-state index contributed by atoms with van der Waals surface area (Å²) in [6.45, 7) is 6.44. The van der Waals surface area contributed by atoms with E-state index in [1.807, 2.05) is 0 Å². The van der Waals surface area contributed by atoms with Crippen LogP contribution < -0.4 is 0 Å². The number of carbonyl (C=O) groups is 3. The summed E-state index contributed by atoms with van der Waals surface area (Å²) < 4.78 is 16.8. The summed E-state index contributed by atoms with van der Waals surface area (Å²) in [5, 5.41) is 0. The van der Waals surface area contributed by atoms with Crippen LogP contribution in [0.3, 0.4) is 0 Å². The van der Waals surface area contributed by atoms with Crippen molar-refractivity contribution in [1.29, 1.82) is 0 Å². The van der Waals surface area contributed by atoms with Gasteiger partial charge in [-0.1, -0.05) is 296 Å².